The van der Waals surface area contributed by atoms with Crippen LogP contribution in [0.4, 0.5) is 0 Å². The van der Waals surface area contributed by atoms with Crippen LogP contribution in [0.25, 0.3) is 0 Å². The van der Waals surface area contributed by atoms with Gasteiger partial charge < -0.3 is 4.74 Å². The van der Waals surface area contributed by atoms with Crippen molar-refractivity contribution in [2.45, 2.75) is 13.3 Å². The SMILES string of the molecule is COc1ccc(C)cc1CC(=O)c1ccncc1Cl. The van der Waals surface area contributed by atoms with E-state index in [2.05, 4.69) is 4.98 Å². The maximum atomic E-state index is 12.2. The Balaban J connectivity index is 2.29. The number of pyridine rings is 1. The summed E-state index contributed by atoms with van der Waals surface area (Å²) in [4.78, 5) is 16.1. The van der Waals surface area contributed by atoms with Gasteiger partial charge in [-0.15, -0.1) is 0 Å². The zero-order chi connectivity index (χ0) is 13.8. The van der Waals surface area contributed by atoms with Crippen LogP contribution in [0, 0.1) is 6.92 Å². The molecule has 1 aromatic carbocycles. The second-order valence-corrected chi connectivity index (χ2v) is 4.68. The molecule has 2 aromatic rings. The minimum atomic E-state index is -0.0451. The van der Waals surface area contributed by atoms with Gasteiger partial charge in [-0.2, -0.15) is 0 Å². The van der Waals surface area contributed by atoms with E-state index in [0.717, 1.165) is 11.1 Å². The van der Waals surface area contributed by atoms with Gasteiger partial charge in [0, 0.05) is 29.9 Å². The predicted octanol–water partition coefficient (Wildman–Crippen LogP) is 3.48. The lowest BCUT2D eigenvalue weighted by molar-refractivity contribution is 0.0992. The quantitative estimate of drug-likeness (QED) is 0.802. The van der Waals surface area contributed by atoms with Crippen molar-refractivity contribution < 1.29 is 9.53 Å². The van der Waals surface area contributed by atoms with Gasteiger partial charge in [0.05, 0.1) is 12.1 Å². The van der Waals surface area contributed by atoms with Crippen molar-refractivity contribution in [2.75, 3.05) is 7.11 Å². The van der Waals surface area contributed by atoms with Crippen LogP contribution >= 0.6 is 11.6 Å². The molecule has 1 aromatic heterocycles. The molecule has 4 heteroatoms. The zero-order valence-corrected chi connectivity index (χ0v) is 11.6. The number of hydrogen-bond donors (Lipinski definition) is 0. The van der Waals surface area contributed by atoms with E-state index in [9.17, 15) is 4.79 Å². The number of hydrogen-bond acceptors (Lipinski definition) is 3. The van der Waals surface area contributed by atoms with Crippen LogP contribution < -0.4 is 4.74 Å². The molecular formula is C15H14ClNO2. The molecular weight excluding hydrogens is 262 g/mol. The second kappa shape index (κ2) is 5.85. The lowest BCUT2D eigenvalue weighted by Gasteiger charge is -2.09. The third-order valence-corrected chi connectivity index (χ3v) is 3.16. The topological polar surface area (TPSA) is 39.2 Å². The molecule has 0 radical (unpaired) electrons. The summed E-state index contributed by atoms with van der Waals surface area (Å²) in [5, 5.41) is 0.374. The van der Waals surface area contributed by atoms with Crippen molar-refractivity contribution >= 4 is 17.4 Å². The van der Waals surface area contributed by atoms with E-state index in [1.54, 1.807) is 19.4 Å². The van der Waals surface area contributed by atoms with Gasteiger partial charge in [-0.25, -0.2) is 0 Å². The standard InChI is InChI=1S/C15H14ClNO2/c1-10-3-4-15(19-2)11(7-10)8-14(18)12-5-6-17-9-13(12)16/h3-7,9H,8H2,1-2H3. The maximum Gasteiger partial charge on any atom is 0.168 e. The van der Waals surface area contributed by atoms with Crippen molar-refractivity contribution in [2.24, 2.45) is 0 Å². The number of nitrogens with zero attached hydrogens (tertiary/aromatic N) is 1. The second-order valence-electron chi connectivity index (χ2n) is 4.27. The average Bonchev–Trinajstić information content (AvgIpc) is 2.39. The molecule has 0 aliphatic heterocycles. The van der Waals surface area contributed by atoms with Gasteiger partial charge in [0.1, 0.15) is 5.75 Å². The number of benzene rings is 1. The molecule has 0 saturated heterocycles. The fourth-order valence-corrected chi connectivity index (χ4v) is 2.14. The number of Topliss-reactive ketones (excluding diaryl/α,β-unsaturated/α-hetero) is 1. The van der Waals surface area contributed by atoms with E-state index < -0.39 is 0 Å². The minimum Gasteiger partial charge on any atom is -0.496 e. The van der Waals surface area contributed by atoms with Gasteiger partial charge in [0.15, 0.2) is 5.78 Å². The fourth-order valence-electron chi connectivity index (χ4n) is 1.92. The predicted molar refractivity (Wildman–Crippen MR) is 75.0 cm³/mol. The van der Waals surface area contributed by atoms with Crippen LogP contribution in [-0.4, -0.2) is 17.9 Å². The molecule has 0 atom stereocenters. The van der Waals surface area contributed by atoms with E-state index >= 15 is 0 Å². The molecule has 0 aliphatic rings. The highest BCUT2D eigenvalue weighted by atomic mass is 35.5. The Morgan fingerprint density at radius 1 is 1.37 bits per heavy atom. The van der Waals surface area contributed by atoms with Gasteiger partial charge >= 0.3 is 0 Å². The van der Waals surface area contributed by atoms with Gasteiger partial charge in [-0.1, -0.05) is 29.3 Å². The first-order chi connectivity index (χ1) is 9.11. The highest BCUT2D eigenvalue weighted by molar-refractivity contribution is 6.33. The molecule has 3 nitrogen and oxygen atoms in total. The number of aromatic nitrogens is 1. The van der Waals surface area contributed by atoms with E-state index in [4.69, 9.17) is 16.3 Å². The number of rotatable bonds is 4. The first-order valence-electron chi connectivity index (χ1n) is 5.88. The lowest BCUT2D eigenvalue weighted by atomic mass is 10.0. The normalized spacial score (nSPS) is 10.3. The molecule has 0 amide bonds. The summed E-state index contributed by atoms with van der Waals surface area (Å²) in [6.07, 6.45) is 3.30. The third kappa shape index (κ3) is 3.12. The Hall–Kier alpha value is -1.87. The Morgan fingerprint density at radius 3 is 2.84 bits per heavy atom. The summed E-state index contributed by atoms with van der Waals surface area (Å²) in [6, 6.07) is 7.40. The molecule has 98 valence electrons. The number of carbonyl (C=O) groups is 1. The van der Waals surface area contributed by atoms with E-state index in [1.807, 2.05) is 25.1 Å². The molecule has 2 rings (SSSR count). The van der Waals surface area contributed by atoms with Gasteiger partial charge in [0.2, 0.25) is 0 Å². The van der Waals surface area contributed by atoms with Crippen molar-refractivity contribution in [3.63, 3.8) is 0 Å². The zero-order valence-electron chi connectivity index (χ0n) is 10.8. The van der Waals surface area contributed by atoms with Gasteiger partial charge in [-0.05, 0) is 19.1 Å². The molecule has 0 spiro atoms. The molecule has 0 aliphatic carbocycles. The van der Waals surface area contributed by atoms with Crippen LogP contribution in [-0.2, 0) is 6.42 Å². The molecule has 1 heterocycles. The summed E-state index contributed by atoms with van der Waals surface area (Å²) in [5.41, 5.74) is 2.44. The summed E-state index contributed by atoms with van der Waals surface area (Å²) in [5.74, 6) is 0.667. The fraction of sp³-hybridized carbons (Fsp3) is 0.200. The largest absolute Gasteiger partial charge is 0.496 e. The third-order valence-electron chi connectivity index (χ3n) is 2.86. The number of carbonyl (C=O) groups excluding carboxylic acids is 1. The van der Waals surface area contributed by atoms with Crippen molar-refractivity contribution in [1.29, 1.82) is 0 Å². The first-order valence-corrected chi connectivity index (χ1v) is 6.26. The monoisotopic (exact) mass is 275 g/mol. The molecule has 0 N–H and O–H groups in total. The highest BCUT2D eigenvalue weighted by Gasteiger charge is 2.13. The van der Waals surface area contributed by atoms with E-state index in [-0.39, 0.29) is 12.2 Å². The average molecular weight is 276 g/mol. The molecule has 0 saturated carbocycles. The number of halogens is 1. The number of methoxy groups -OCH3 is 1. The van der Waals surface area contributed by atoms with E-state index in [1.165, 1.54) is 6.20 Å². The van der Waals surface area contributed by atoms with Crippen molar-refractivity contribution in [3.05, 3.63) is 58.4 Å². The maximum absolute atomic E-state index is 12.2. The van der Waals surface area contributed by atoms with Gasteiger partial charge in [0.25, 0.3) is 0 Å². The van der Waals surface area contributed by atoms with E-state index in [0.29, 0.717) is 16.3 Å². The Kier molecular flexibility index (Phi) is 4.17. The lowest BCUT2D eigenvalue weighted by Crippen LogP contribution is -2.06. The summed E-state index contributed by atoms with van der Waals surface area (Å²) >= 11 is 5.98. The van der Waals surface area contributed by atoms with Crippen LogP contribution in [0.2, 0.25) is 5.02 Å². The van der Waals surface area contributed by atoms with Crippen LogP contribution in [0.15, 0.2) is 36.7 Å². The molecule has 0 bridgehead atoms. The Bertz CT molecular complexity index is 611. The molecule has 19 heavy (non-hydrogen) atoms. The first kappa shape index (κ1) is 13.6. The number of ketones is 1. The molecule has 0 unspecified atom stereocenters. The van der Waals surface area contributed by atoms with Crippen LogP contribution in [0.5, 0.6) is 5.75 Å². The summed E-state index contributed by atoms with van der Waals surface area (Å²) < 4.78 is 5.27. The highest BCUT2D eigenvalue weighted by Crippen LogP contribution is 2.23. The number of ether oxygens (including phenoxy) is 1. The Morgan fingerprint density at radius 2 is 2.16 bits per heavy atom. The van der Waals surface area contributed by atoms with Crippen molar-refractivity contribution in [1.82, 2.24) is 4.98 Å². The minimum absolute atomic E-state index is 0.0451. The van der Waals surface area contributed by atoms with Gasteiger partial charge in [-0.3, -0.25) is 9.78 Å². The van der Waals surface area contributed by atoms with Crippen LogP contribution in [0.1, 0.15) is 21.5 Å². The molecule has 0 fully saturated rings. The van der Waals surface area contributed by atoms with Crippen LogP contribution in [0.3, 0.4) is 0 Å². The number of aryl methyl sites for hydroxylation is 1. The Labute approximate surface area is 117 Å². The van der Waals surface area contributed by atoms with Crippen molar-refractivity contribution in [3.8, 4) is 5.75 Å². The summed E-state index contributed by atoms with van der Waals surface area (Å²) in [6.45, 7) is 1.98. The smallest absolute Gasteiger partial charge is 0.168 e. The summed E-state index contributed by atoms with van der Waals surface area (Å²) in [7, 11) is 1.60.